The Morgan fingerprint density at radius 2 is 2.24 bits per heavy atom. The zero-order valence-electron chi connectivity index (χ0n) is 15.2. The van der Waals surface area contributed by atoms with Crippen LogP contribution in [0.25, 0.3) is 0 Å². The van der Waals surface area contributed by atoms with Gasteiger partial charge in [0.15, 0.2) is 0 Å². The van der Waals surface area contributed by atoms with Crippen LogP contribution >= 0.6 is 0 Å². The third-order valence-electron chi connectivity index (χ3n) is 5.17. The summed E-state index contributed by atoms with van der Waals surface area (Å²) in [5, 5.41) is 12.3. The number of nitrogens with one attached hydrogen (secondary N) is 1. The summed E-state index contributed by atoms with van der Waals surface area (Å²) in [6.07, 6.45) is 4.64. The molecule has 1 aromatic carbocycles. The van der Waals surface area contributed by atoms with E-state index in [-0.39, 0.29) is 12.1 Å². The van der Waals surface area contributed by atoms with Gasteiger partial charge in [0.1, 0.15) is 29.3 Å². The molecule has 0 saturated carbocycles. The summed E-state index contributed by atoms with van der Waals surface area (Å²) < 4.78 is 13.8. The van der Waals surface area contributed by atoms with Crippen molar-refractivity contribution in [2.75, 3.05) is 7.11 Å². The third-order valence-corrected chi connectivity index (χ3v) is 5.17. The number of aromatic nitrogens is 3. The summed E-state index contributed by atoms with van der Waals surface area (Å²) in [6.45, 7) is 5.97. The second-order valence-corrected chi connectivity index (χ2v) is 7.09. The van der Waals surface area contributed by atoms with Gasteiger partial charge in [-0.1, -0.05) is 0 Å². The van der Waals surface area contributed by atoms with Crippen molar-refractivity contribution in [2.24, 2.45) is 0 Å². The van der Waals surface area contributed by atoms with Crippen molar-refractivity contribution in [3.63, 3.8) is 0 Å². The standard InChI is InChI=1S/C19H26N4O2/c1-12-8-14-9-16(24-3)15(10-17(14)25-12)11-20-13(2)19-22-21-18-6-4-5-7-23(18)19/h9-10,12-13,20H,4-8,11H2,1-3H3/t12-,13+/m0/s1. The van der Waals surface area contributed by atoms with Gasteiger partial charge in [-0.25, -0.2) is 0 Å². The van der Waals surface area contributed by atoms with Gasteiger partial charge in [-0.2, -0.15) is 0 Å². The topological polar surface area (TPSA) is 61.2 Å². The third kappa shape index (κ3) is 3.11. The molecule has 0 amide bonds. The summed E-state index contributed by atoms with van der Waals surface area (Å²) in [7, 11) is 1.72. The molecule has 0 radical (unpaired) electrons. The Morgan fingerprint density at radius 3 is 3.08 bits per heavy atom. The Bertz CT molecular complexity index is 771. The highest BCUT2D eigenvalue weighted by Crippen LogP contribution is 2.35. The first-order valence-corrected chi connectivity index (χ1v) is 9.17. The lowest BCUT2D eigenvalue weighted by molar-refractivity contribution is 0.254. The maximum Gasteiger partial charge on any atom is 0.149 e. The van der Waals surface area contributed by atoms with Gasteiger partial charge in [-0.05, 0) is 38.8 Å². The van der Waals surface area contributed by atoms with Gasteiger partial charge in [-0.3, -0.25) is 0 Å². The molecule has 3 heterocycles. The summed E-state index contributed by atoms with van der Waals surface area (Å²) >= 11 is 0. The lowest BCUT2D eigenvalue weighted by atomic mass is 10.1. The summed E-state index contributed by atoms with van der Waals surface area (Å²) in [4.78, 5) is 0. The van der Waals surface area contributed by atoms with Crippen LogP contribution in [0.1, 0.15) is 55.5 Å². The van der Waals surface area contributed by atoms with E-state index in [0.29, 0.717) is 6.54 Å². The van der Waals surface area contributed by atoms with E-state index in [4.69, 9.17) is 9.47 Å². The zero-order chi connectivity index (χ0) is 17.4. The number of rotatable bonds is 5. The average molecular weight is 342 g/mol. The van der Waals surface area contributed by atoms with Gasteiger partial charge in [0.05, 0.1) is 13.2 Å². The van der Waals surface area contributed by atoms with Crippen LogP contribution in [0.3, 0.4) is 0 Å². The van der Waals surface area contributed by atoms with Crippen molar-refractivity contribution in [3.8, 4) is 11.5 Å². The van der Waals surface area contributed by atoms with Gasteiger partial charge in [-0.15, -0.1) is 10.2 Å². The van der Waals surface area contributed by atoms with Crippen molar-refractivity contribution in [3.05, 3.63) is 34.9 Å². The molecule has 0 saturated heterocycles. The largest absolute Gasteiger partial charge is 0.496 e. The van der Waals surface area contributed by atoms with Crippen LogP contribution in [-0.4, -0.2) is 28.0 Å². The maximum atomic E-state index is 5.89. The minimum absolute atomic E-state index is 0.136. The fourth-order valence-corrected chi connectivity index (χ4v) is 3.82. The monoisotopic (exact) mass is 342 g/mol. The second-order valence-electron chi connectivity index (χ2n) is 7.09. The number of aryl methyl sites for hydroxylation is 1. The fraction of sp³-hybridized carbons (Fsp3) is 0.579. The number of ether oxygens (including phenoxy) is 2. The summed E-state index contributed by atoms with van der Waals surface area (Å²) in [5.41, 5.74) is 2.34. The molecule has 0 spiro atoms. The number of benzene rings is 1. The normalized spacial score (nSPS) is 19.9. The number of methoxy groups -OCH3 is 1. The van der Waals surface area contributed by atoms with Crippen LogP contribution in [0, 0.1) is 0 Å². The van der Waals surface area contributed by atoms with E-state index in [1.807, 2.05) is 0 Å². The number of hydrogen-bond acceptors (Lipinski definition) is 5. The molecule has 4 rings (SSSR count). The fourth-order valence-electron chi connectivity index (χ4n) is 3.82. The van der Waals surface area contributed by atoms with Crippen LogP contribution in [0.2, 0.25) is 0 Å². The first-order valence-electron chi connectivity index (χ1n) is 9.17. The molecule has 134 valence electrons. The van der Waals surface area contributed by atoms with Gasteiger partial charge in [0, 0.05) is 37.1 Å². The predicted molar refractivity (Wildman–Crippen MR) is 95.0 cm³/mol. The van der Waals surface area contributed by atoms with Crippen LogP contribution in [0.15, 0.2) is 12.1 Å². The Morgan fingerprint density at radius 1 is 1.36 bits per heavy atom. The van der Waals surface area contributed by atoms with Crippen molar-refractivity contribution in [1.29, 1.82) is 0 Å². The molecule has 2 aromatic rings. The minimum Gasteiger partial charge on any atom is -0.496 e. The van der Waals surface area contributed by atoms with Gasteiger partial charge in [0.25, 0.3) is 0 Å². The van der Waals surface area contributed by atoms with Gasteiger partial charge >= 0.3 is 0 Å². The van der Waals surface area contributed by atoms with E-state index in [2.05, 4.69) is 46.1 Å². The highest BCUT2D eigenvalue weighted by Gasteiger charge is 2.23. The zero-order valence-corrected chi connectivity index (χ0v) is 15.2. The molecule has 25 heavy (non-hydrogen) atoms. The SMILES string of the molecule is COc1cc2c(cc1CN[C@H](C)c1nnc3n1CCCC3)O[C@@H](C)C2. The average Bonchev–Trinajstić information content (AvgIpc) is 3.20. The highest BCUT2D eigenvalue weighted by atomic mass is 16.5. The Kier molecular flexibility index (Phi) is 4.37. The van der Waals surface area contributed by atoms with E-state index >= 15 is 0 Å². The summed E-state index contributed by atoms with van der Waals surface area (Å²) in [5.74, 6) is 4.05. The molecule has 0 aliphatic carbocycles. The molecule has 0 fully saturated rings. The van der Waals surface area contributed by atoms with E-state index in [1.165, 1.54) is 18.4 Å². The molecule has 6 nitrogen and oxygen atoms in total. The Hall–Kier alpha value is -2.08. The number of nitrogens with zero attached hydrogens (tertiary/aromatic N) is 3. The minimum atomic E-state index is 0.136. The van der Waals surface area contributed by atoms with Crippen molar-refractivity contribution in [1.82, 2.24) is 20.1 Å². The number of hydrogen-bond donors (Lipinski definition) is 1. The van der Waals surface area contributed by atoms with Crippen molar-refractivity contribution >= 4 is 0 Å². The lowest BCUT2D eigenvalue weighted by Crippen LogP contribution is -2.23. The van der Waals surface area contributed by atoms with Crippen molar-refractivity contribution < 1.29 is 9.47 Å². The molecule has 0 unspecified atom stereocenters. The van der Waals surface area contributed by atoms with Gasteiger partial charge < -0.3 is 19.4 Å². The van der Waals surface area contributed by atoms with Crippen LogP contribution < -0.4 is 14.8 Å². The molecule has 0 bridgehead atoms. The van der Waals surface area contributed by atoms with E-state index in [9.17, 15) is 0 Å². The quantitative estimate of drug-likeness (QED) is 0.905. The van der Waals surface area contributed by atoms with Crippen LogP contribution in [0.5, 0.6) is 11.5 Å². The first kappa shape index (κ1) is 16.4. The van der Waals surface area contributed by atoms with Gasteiger partial charge in [0.2, 0.25) is 0 Å². The maximum absolute atomic E-state index is 5.89. The Labute approximate surface area is 148 Å². The molecular weight excluding hydrogens is 316 g/mol. The number of fused-ring (bicyclic) bond motifs is 2. The van der Waals surface area contributed by atoms with E-state index in [0.717, 1.165) is 48.1 Å². The molecule has 2 atom stereocenters. The predicted octanol–water partition coefficient (Wildman–Crippen LogP) is 2.80. The smallest absolute Gasteiger partial charge is 0.149 e. The van der Waals surface area contributed by atoms with E-state index < -0.39 is 0 Å². The van der Waals surface area contributed by atoms with Crippen LogP contribution in [-0.2, 0) is 25.9 Å². The molecule has 6 heteroatoms. The molecule has 2 aliphatic rings. The molecule has 2 aliphatic heterocycles. The van der Waals surface area contributed by atoms with Crippen molar-refractivity contribution in [2.45, 2.75) is 64.8 Å². The molecule has 1 aromatic heterocycles. The molecule has 1 N–H and O–H groups in total. The second kappa shape index (κ2) is 6.67. The highest BCUT2D eigenvalue weighted by molar-refractivity contribution is 5.48. The summed E-state index contributed by atoms with van der Waals surface area (Å²) in [6, 6.07) is 4.35. The molecular formula is C19H26N4O2. The Balaban J connectivity index is 1.50. The van der Waals surface area contributed by atoms with E-state index in [1.54, 1.807) is 7.11 Å². The van der Waals surface area contributed by atoms with Crippen LogP contribution in [0.4, 0.5) is 0 Å². The lowest BCUT2D eigenvalue weighted by Gasteiger charge is -2.19. The first-order chi connectivity index (χ1) is 12.2.